The van der Waals surface area contributed by atoms with Crippen molar-refractivity contribution in [3.05, 3.63) is 28.2 Å². The SMILES string of the molecule is CCCNCc1ccc(Br)cc1N1CCS(=O)(=O)CC1. The smallest absolute Gasteiger partial charge is 0.153 e. The van der Waals surface area contributed by atoms with Gasteiger partial charge in [0.2, 0.25) is 0 Å². The molecule has 0 radical (unpaired) electrons. The van der Waals surface area contributed by atoms with Crippen LogP contribution in [0.5, 0.6) is 0 Å². The number of nitrogens with zero attached hydrogens (tertiary/aromatic N) is 1. The van der Waals surface area contributed by atoms with Crippen LogP contribution in [0.15, 0.2) is 22.7 Å². The van der Waals surface area contributed by atoms with E-state index in [0.717, 1.165) is 29.7 Å². The monoisotopic (exact) mass is 360 g/mol. The van der Waals surface area contributed by atoms with E-state index in [1.807, 2.05) is 6.07 Å². The van der Waals surface area contributed by atoms with Crippen molar-refractivity contribution in [3.8, 4) is 0 Å². The summed E-state index contributed by atoms with van der Waals surface area (Å²) in [5.74, 6) is 0.503. The van der Waals surface area contributed by atoms with Crippen molar-refractivity contribution in [3.63, 3.8) is 0 Å². The molecule has 6 heteroatoms. The van der Waals surface area contributed by atoms with Gasteiger partial charge in [-0.25, -0.2) is 8.42 Å². The minimum Gasteiger partial charge on any atom is -0.369 e. The van der Waals surface area contributed by atoms with Gasteiger partial charge in [-0.2, -0.15) is 0 Å². The van der Waals surface area contributed by atoms with Crippen LogP contribution in [0.4, 0.5) is 5.69 Å². The van der Waals surface area contributed by atoms with Crippen LogP contribution in [0.3, 0.4) is 0 Å². The number of hydrogen-bond donors (Lipinski definition) is 1. The van der Waals surface area contributed by atoms with E-state index in [1.54, 1.807) is 0 Å². The second-order valence-electron chi connectivity index (χ2n) is 5.09. The van der Waals surface area contributed by atoms with Crippen molar-refractivity contribution in [1.29, 1.82) is 0 Å². The second-order valence-corrected chi connectivity index (χ2v) is 8.31. The summed E-state index contributed by atoms with van der Waals surface area (Å²) in [6.07, 6.45) is 1.10. The molecule has 0 bridgehead atoms. The molecule has 1 aliphatic rings. The van der Waals surface area contributed by atoms with Gasteiger partial charge in [-0.3, -0.25) is 0 Å². The van der Waals surface area contributed by atoms with E-state index in [2.05, 4.69) is 45.2 Å². The van der Waals surface area contributed by atoms with E-state index in [0.29, 0.717) is 13.1 Å². The summed E-state index contributed by atoms with van der Waals surface area (Å²) in [6, 6.07) is 6.22. The molecule has 1 aliphatic heterocycles. The maximum Gasteiger partial charge on any atom is 0.153 e. The van der Waals surface area contributed by atoms with Crippen molar-refractivity contribution in [2.45, 2.75) is 19.9 Å². The lowest BCUT2D eigenvalue weighted by molar-refractivity contribution is 0.586. The lowest BCUT2D eigenvalue weighted by atomic mass is 10.1. The first kappa shape index (κ1) is 15.8. The third kappa shape index (κ3) is 4.20. The van der Waals surface area contributed by atoms with Crippen LogP contribution in [0.2, 0.25) is 0 Å². The minimum atomic E-state index is -2.84. The Kier molecular flexibility index (Phi) is 5.46. The molecule has 0 aliphatic carbocycles. The Balaban J connectivity index is 2.14. The summed E-state index contributed by atoms with van der Waals surface area (Å²) in [4.78, 5) is 2.18. The molecule has 0 aromatic heterocycles. The first-order chi connectivity index (χ1) is 9.52. The molecule has 0 saturated carbocycles. The van der Waals surface area contributed by atoms with E-state index in [1.165, 1.54) is 5.56 Å². The van der Waals surface area contributed by atoms with E-state index in [-0.39, 0.29) is 11.5 Å². The Morgan fingerprint density at radius 2 is 2.00 bits per heavy atom. The van der Waals surface area contributed by atoms with Gasteiger partial charge in [-0.05, 0) is 30.7 Å². The number of halogens is 1. The van der Waals surface area contributed by atoms with Gasteiger partial charge in [0.15, 0.2) is 9.84 Å². The average Bonchev–Trinajstić information content (AvgIpc) is 2.41. The van der Waals surface area contributed by atoms with Crippen molar-refractivity contribution >= 4 is 31.5 Å². The maximum atomic E-state index is 11.5. The van der Waals surface area contributed by atoms with Crippen molar-refractivity contribution in [2.75, 3.05) is 36.0 Å². The fraction of sp³-hybridized carbons (Fsp3) is 0.571. The summed E-state index contributed by atoms with van der Waals surface area (Å²) >= 11 is 3.50. The fourth-order valence-corrected chi connectivity index (χ4v) is 3.88. The highest BCUT2D eigenvalue weighted by Crippen LogP contribution is 2.26. The molecular formula is C14H21BrN2O2S. The lowest BCUT2D eigenvalue weighted by Gasteiger charge is -2.30. The molecule has 112 valence electrons. The third-order valence-corrected chi connectivity index (χ3v) is 5.58. The highest BCUT2D eigenvalue weighted by molar-refractivity contribution is 9.10. The summed E-state index contributed by atoms with van der Waals surface area (Å²) < 4.78 is 24.1. The molecule has 1 N–H and O–H groups in total. The number of sulfone groups is 1. The van der Waals surface area contributed by atoms with Crippen LogP contribution in [0.25, 0.3) is 0 Å². The number of anilines is 1. The Morgan fingerprint density at radius 3 is 2.65 bits per heavy atom. The zero-order chi connectivity index (χ0) is 14.6. The first-order valence-electron chi connectivity index (χ1n) is 6.96. The van der Waals surface area contributed by atoms with Crippen molar-refractivity contribution in [1.82, 2.24) is 5.32 Å². The normalized spacial score (nSPS) is 18.2. The zero-order valence-electron chi connectivity index (χ0n) is 11.7. The van der Waals surface area contributed by atoms with Crippen LogP contribution in [0, 0.1) is 0 Å². The first-order valence-corrected chi connectivity index (χ1v) is 9.58. The highest BCUT2D eigenvalue weighted by Gasteiger charge is 2.23. The molecule has 0 unspecified atom stereocenters. The molecule has 4 nitrogen and oxygen atoms in total. The molecule has 1 aromatic carbocycles. The summed E-state index contributed by atoms with van der Waals surface area (Å²) in [7, 11) is -2.84. The topological polar surface area (TPSA) is 49.4 Å². The molecule has 1 heterocycles. The number of hydrogen-bond acceptors (Lipinski definition) is 4. The van der Waals surface area contributed by atoms with Gasteiger partial charge in [0.05, 0.1) is 11.5 Å². The standard InChI is InChI=1S/C14H21BrN2O2S/c1-2-5-16-11-12-3-4-13(15)10-14(12)17-6-8-20(18,19)9-7-17/h3-4,10,16H,2,5-9,11H2,1H3. The van der Waals surface area contributed by atoms with Crippen LogP contribution in [0.1, 0.15) is 18.9 Å². The van der Waals surface area contributed by atoms with Gasteiger partial charge in [0.1, 0.15) is 0 Å². The Morgan fingerprint density at radius 1 is 1.30 bits per heavy atom. The quantitative estimate of drug-likeness (QED) is 0.817. The van der Waals surface area contributed by atoms with Crippen molar-refractivity contribution in [2.24, 2.45) is 0 Å². The van der Waals surface area contributed by atoms with Crippen LogP contribution < -0.4 is 10.2 Å². The molecule has 1 saturated heterocycles. The van der Waals surface area contributed by atoms with E-state index < -0.39 is 9.84 Å². The maximum absolute atomic E-state index is 11.5. The van der Waals surface area contributed by atoms with E-state index in [4.69, 9.17) is 0 Å². The molecule has 2 rings (SSSR count). The summed E-state index contributed by atoms with van der Waals surface area (Å²) in [5.41, 5.74) is 2.36. The van der Waals surface area contributed by atoms with Crippen LogP contribution >= 0.6 is 15.9 Å². The zero-order valence-corrected chi connectivity index (χ0v) is 14.1. The van der Waals surface area contributed by atoms with Gasteiger partial charge in [-0.1, -0.05) is 28.9 Å². The predicted molar refractivity (Wildman–Crippen MR) is 87.0 cm³/mol. The molecular weight excluding hydrogens is 340 g/mol. The van der Waals surface area contributed by atoms with Gasteiger partial charge in [-0.15, -0.1) is 0 Å². The Bertz CT molecular complexity index is 546. The van der Waals surface area contributed by atoms with Gasteiger partial charge in [0.25, 0.3) is 0 Å². The van der Waals surface area contributed by atoms with Crippen LogP contribution in [-0.4, -0.2) is 39.6 Å². The molecule has 1 fully saturated rings. The second kappa shape index (κ2) is 6.91. The molecule has 20 heavy (non-hydrogen) atoms. The van der Waals surface area contributed by atoms with Crippen LogP contribution in [-0.2, 0) is 16.4 Å². The highest BCUT2D eigenvalue weighted by atomic mass is 79.9. The van der Waals surface area contributed by atoms with E-state index >= 15 is 0 Å². The molecule has 0 atom stereocenters. The molecule has 0 spiro atoms. The lowest BCUT2D eigenvalue weighted by Crippen LogP contribution is -2.40. The summed E-state index contributed by atoms with van der Waals surface area (Å²) in [5, 5.41) is 3.41. The Hall–Kier alpha value is -0.590. The fourth-order valence-electron chi connectivity index (χ4n) is 2.33. The number of rotatable bonds is 5. The minimum absolute atomic E-state index is 0.251. The van der Waals surface area contributed by atoms with Crippen molar-refractivity contribution < 1.29 is 8.42 Å². The predicted octanol–water partition coefficient (Wildman–Crippen LogP) is 2.18. The number of benzene rings is 1. The van der Waals surface area contributed by atoms with Gasteiger partial charge < -0.3 is 10.2 Å². The number of nitrogens with one attached hydrogen (secondary N) is 1. The molecule has 0 amide bonds. The van der Waals surface area contributed by atoms with Gasteiger partial charge >= 0.3 is 0 Å². The van der Waals surface area contributed by atoms with E-state index in [9.17, 15) is 8.42 Å². The average molecular weight is 361 g/mol. The largest absolute Gasteiger partial charge is 0.369 e. The third-order valence-electron chi connectivity index (χ3n) is 3.47. The molecule has 1 aromatic rings. The Labute approximate surface area is 129 Å². The van der Waals surface area contributed by atoms with Gasteiger partial charge in [0, 0.05) is 29.8 Å². The summed E-state index contributed by atoms with van der Waals surface area (Å²) in [6.45, 7) is 5.12.